The minimum Gasteiger partial charge on any atom is -0.352 e. The topological polar surface area (TPSA) is 113 Å². The van der Waals surface area contributed by atoms with Gasteiger partial charge in [-0.15, -0.1) is 10.2 Å². The summed E-state index contributed by atoms with van der Waals surface area (Å²) in [6.07, 6.45) is 2.82. The molecular weight excluding hydrogens is 544 g/mol. The molecule has 1 aliphatic rings. The zero-order valence-electron chi connectivity index (χ0n) is 21.7. The van der Waals surface area contributed by atoms with E-state index < -0.39 is 10.0 Å². The fourth-order valence-electron chi connectivity index (χ4n) is 4.83. The van der Waals surface area contributed by atoms with Crippen LogP contribution in [0.5, 0.6) is 0 Å². The summed E-state index contributed by atoms with van der Waals surface area (Å²) in [5, 5.41) is 13.4. The van der Waals surface area contributed by atoms with Gasteiger partial charge >= 0.3 is 0 Å². The number of rotatable bonds is 8. The molecule has 2 N–H and O–H groups in total. The van der Waals surface area contributed by atoms with E-state index in [4.69, 9.17) is 0 Å². The van der Waals surface area contributed by atoms with Crippen molar-refractivity contribution in [1.29, 1.82) is 0 Å². The first kappa shape index (κ1) is 26.3. The van der Waals surface area contributed by atoms with E-state index >= 15 is 0 Å². The van der Waals surface area contributed by atoms with E-state index in [1.54, 1.807) is 24.3 Å². The fourth-order valence-corrected chi connectivity index (χ4v) is 7.10. The maximum Gasteiger partial charge on any atom is 0.243 e. The van der Waals surface area contributed by atoms with Crippen LogP contribution in [0.2, 0.25) is 0 Å². The van der Waals surface area contributed by atoms with Gasteiger partial charge in [0.1, 0.15) is 0 Å². The van der Waals surface area contributed by atoms with E-state index in [1.165, 1.54) is 16.1 Å². The Hall–Kier alpha value is -3.93. The summed E-state index contributed by atoms with van der Waals surface area (Å²) in [7, 11) is -3.52. The van der Waals surface area contributed by atoms with Crippen LogP contribution in [0.25, 0.3) is 28.1 Å². The predicted octanol–water partition coefficient (Wildman–Crippen LogP) is 5.32. The maximum absolute atomic E-state index is 12.9. The number of fused-ring (bicyclic) bond motifs is 1. The summed E-state index contributed by atoms with van der Waals surface area (Å²) < 4.78 is 29.3. The number of aromatic nitrogens is 4. The van der Waals surface area contributed by atoms with Crippen molar-refractivity contribution in [3.63, 3.8) is 0 Å². The second-order valence-corrected chi connectivity index (χ2v) is 12.5. The zero-order valence-corrected chi connectivity index (χ0v) is 23.3. The first-order chi connectivity index (χ1) is 19.5. The Morgan fingerprint density at radius 1 is 0.900 bits per heavy atom. The number of para-hydroxylation sites is 2. The molecule has 40 heavy (non-hydrogen) atoms. The van der Waals surface area contributed by atoms with Gasteiger partial charge in [0, 0.05) is 35.4 Å². The number of sulfonamides is 1. The van der Waals surface area contributed by atoms with Crippen molar-refractivity contribution in [2.75, 3.05) is 24.2 Å². The Bertz CT molecular complexity index is 1710. The van der Waals surface area contributed by atoms with Crippen LogP contribution in [-0.4, -0.2) is 57.2 Å². The lowest BCUT2D eigenvalue weighted by Gasteiger charge is -2.25. The lowest BCUT2D eigenvalue weighted by Crippen LogP contribution is -2.35. The number of anilines is 1. The van der Waals surface area contributed by atoms with Crippen molar-refractivity contribution in [2.24, 2.45) is 0 Å². The van der Waals surface area contributed by atoms with Crippen LogP contribution in [0, 0.1) is 0 Å². The van der Waals surface area contributed by atoms with Gasteiger partial charge in [0.2, 0.25) is 15.9 Å². The summed E-state index contributed by atoms with van der Waals surface area (Å²) in [5.74, 6) is 0.521. The number of nitrogens with zero attached hydrogens (tertiary/aromatic N) is 4. The third kappa shape index (κ3) is 5.40. The molecule has 1 fully saturated rings. The van der Waals surface area contributed by atoms with Crippen molar-refractivity contribution < 1.29 is 13.2 Å². The quantitative estimate of drug-likeness (QED) is 0.243. The highest BCUT2D eigenvalue weighted by molar-refractivity contribution is 7.99. The van der Waals surface area contributed by atoms with Gasteiger partial charge in [0.25, 0.3) is 0 Å². The third-order valence-electron chi connectivity index (χ3n) is 6.84. The van der Waals surface area contributed by atoms with Crippen LogP contribution in [0.15, 0.2) is 95.0 Å². The number of hydrogen-bond acceptors (Lipinski definition) is 6. The van der Waals surface area contributed by atoms with E-state index in [0.717, 1.165) is 41.5 Å². The Labute approximate surface area is 236 Å². The van der Waals surface area contributed by atoms with Crippen LogP contribution in [0.1, 0.15) is 19.3 Å². The lowest BCUT2D eigenvalue weighted by molar-refractivity contribution is -0.113. The molecule has 3 heterocycles. The molecule has 5 aromatic rings. The molecule has 204 valence electrons. The van der Waals surface area contributed by atoms with Gasteiger partial charge in [0.05, 0.1) is 16.3 Å². The molecular formula is C29H28N6O3S2. The molecule has 1 saturated heterocycles. The molecule has 0 saturated carbocycles. The maximum atomic E-state index is 12.9. The molecule has 3 aromatic carbocycles. The molecule has 1 aliphatic heterocycles. The van der Waals surface area contributed by atoms with Gasteiger partial charge in [0.15, 0.2) is 11.0 Å². The first-order valence-corrected chi connectivity index (χ1v) is 15.5. The number of hydrogen-bond donors (Lipinski definition) is 2. The predicted molar refractivity (Wildman–Crippen MR) is 157 cm³/mol. The summed E-state index contributed by atoms with van der Waals surface area (Å²) in [6.45, 7) is 1.10. The van der Waals surface area contributed by atoms with Crippen LogP contribution in [0.4, 0.5) is 5.69 Å². The van der Waals surface area contributed by atoms with E-state index in [9.17, 15) is 13.2 Å². The molecule has 11 heteroatoms. The highest BCUT2D eigenvalue weighted by atomic mass is 32.2. The van der Waals surface area contributed by atoms with Crippen LogP contribution in [-0.2, 0) is 14.8 Å². The SMILES string of the molecule is O=C(CSc1nnc(-c2cc3ccccc3[nH]2)n1-c1ccccc1)Nc1ccc(S(=O)(=O)N2CCCCC2)cc1. The van der Waals surface area contributed by atoms with Crippen molar-refractivity contribution >= 4 is 44.3 Å². The van der Waals surface area contributed by atoms with Crippen molar-refractivity contribution in [3.05, 3.63) is 84.9 Å². The number of thioether (sulfide) groups is 1. The Morgan fingerprint density at radius 3 is 2.38 bits per heavy atom. The minimum absolute atomic E-state index is 0.103. The lowest BCUT2D eigenvalue weighted by atomic mass is 10.2. The van der Waals surface area contributed by atoms with Gasteiger partial charge in [-0.1, -0.05) is 54.6 Å². The summed E-state index contributed by atoms with van der Waals surface area (Å²) in [5.41, 5.74) is 3.25. The number of carbonyl (C=O) groups excluding carboxylic acids is 1. The molecule has 0 spiro atoms. The Morgan fingerprint density at radius 2 is 1.62 bits per heavy atom. The standard InChI is InChI=1S/C29H28N6O3S2/c36-27(30-22-13-15-24(16-14-22)40(37,38)34-17-7-2-8-18-34)20-39-29-33-32-28(35(29)23-10-3-1-4-11-23)26-19-21-9-5-6-12-25(21)31-26/h1,3-6,9-16,19,31H,2,7-8,17-18,20H2,(H,30,36). The monoisotopic (exact) mass is 572 g/mol. The minimum atomic E-state index is -3.52. The summed E-state index contributed by atoms with van der Waals surface area (Å²) in [4.78, 5) is 16.5. The smallest absolute Gasteiger partial charge is 0.243 e. The zero-order chi connectivity index (χ0) is 27.5. The molecule has 0 atom stereocenters. The number of nitrogens with one attached hydrogen (secondary N) is 2. The highest BCUT2D eigenvalue weighted by Crippen LogP contribution is 2.30. The van der Waals surface area contributed by atoms with Gasteiger partial charge in [-0.25, -0.2) is 8.42 Å². The first-order valence-electron chi connectivity index (χ1n) is 13.1. The number of piperidine rings is 1. The second kappa shape index (κ2) is 11.3. The molecule has 0 bridgehead atoms. The van der Waals surface area contributed by atoms with E-state index in [-0.39, 0.29) is 16.6 Å². The normalized spacial score (nSPS) is 14.4. The second-order valence-electron chi connectivity index (χ2n) is 9.57. The highest BCUT2D eigenvalue weighted by Gasteiger charge is 2.26. The molecule has 1 amide bonds. The summed E-state index contributed by atoms with van der Waals surface area (Å²) in [6, 6.07) is 26.2. The number of amides is 1. The molecule has 9 nitrogen and oxygen atoms in total. The van der Waals surface area contributed by atoms with E-state index in [1.807, 2.05) is 65.2 Å². The number of benzene rings is 3. The Kier molecular flexibility index (Phi) is 7.42. The van der Waals surface area contributed by atoms with Gasteiger partial charge in [-0.2, -0.15) is 4.31 Å². The molecule has 2 aromatic heterocycles. The van der Waals surface area contributed by atoms with Crippen LogP contribution >= 0.6 is 11.8 Å². The number of aromatic amines is 1. The van der Waals surface area contributed by atoms with E-state index in [0.29, 0.717) is 29.8 Å². The van der Waals surface area contributed by atoms with Crippen LogP contribution < -0.4 is 5.32 Å². The number of H-pyrrole nitrogens is 1. The van der Waals surface area contributed by atoms with Crippen molar-refractivity contribution in [2.45, 2.75) is 29.3 Å². The van der Waals surface area contributed by atoms with Crippen LogP contribution in [0.3, 0.4) is 0 Å². The largest absolute Gasteiger partial charge is 0.352 e. The molecule has 0 unspecified atom stereocenters. The average molecular weight is 573 g/mol. The van der Waals surface area contributed by atoms with E-state index in [2.05, 4.69) is 20.5 Å². The van der Waals surface area contributed by atoms with Gasteiger partial charge in [-0.05, 0) is 61.4 Å². The summed E-state index contributed by atoms with van der Waals surface area (Å²) >= 11 is 1.28. The van der Waals surface area contributed by atoms with Gasteiger partial charge < -0.3 is 10.3 Å². The fraction of sp³-hybridized carbons (Fsp3) is 0.207. The molecule has 6 rings (SSSR count). The van der Waals surface area contributed by atoms with Crippen molar-refractivity contribution in [3.8, 4) is 17.2 Å². The molecule has 0 radical (unpaired) electrons. The number of carbonyl (C=O) groups is 1. The average Bonchev–Trinajstić information content (AvgIpc) is 3.61. The van der Waals surface area contributed by atoms with Gasteiger partial charge in [-0.3, -0.25) is 9.36 Å². The van der Waals surface area contributed by atoms with Crippen molar-refractivity contribution in [1.82, 2.24) is 24.1 Å². The third-order valence-corrected chi connectivity index (χ3v) is 9.68. The molecule has 0 aliphatic carbocycles. The Balaban J connectivity index is 1.17.